The molecule has 1 heterocycles. The molecule has 0 aliphatic carbocycles. The van der Waals surface area contributed by atoms with Crippen LogP contribution in [0.1, 0.15) is 54.0 Å². The average molecular weight is 451 g/mol. The lowest BCUT2D eigenvalue weighted by molar-refractivity contribution is -0.0293. The van der Waals surface area contributed by atoms with E-state index in [9.17, 15) is 14.4 Å². The van der Waals surface area contributed by atoms with Crippen molar-refractivity contribution in [1.82, 2.24) is 10.2 Å². The van der Waals surface area contributed by atoms with Gasteiger partial charge in [-0.1, -0.05) is 30.3 Å². The van der Waals surface area contributed by atoms with Gasteiger partial charge >= 0.3 is 18.4 Å². The molecular weight excluding hydrogens is 416 g/mol. The third-order valence-corrected chi connectivity index (χ3v) is 3.59. The van der Waals surface area contributed by atoms with Crippen molar-refractivity contribution in [2.45, 2.75) is 66.3 Å². The standard InChI is InChI=1S/C13H16N2O2.C10H18O5/c1-11-9-14-7-8-15(11)13(16)17-10-12-5-3-2-4-6-12;1-9(2,3)14-7(11)13-8(12)15-10(4,5)6/h2-6,9,14H,7-8,10H2,1H3;1-6H3. The van der Waals surface area contributed by atoms with Gasteiger partial charge in [0.25, 0.3) is 0 Å². The molecule has 32 heavy (non-hydrogen) atoms. The van der Waals surface area contributed by atoms with Crippen molar-refractivity contribution in [3.05, 3.63) is 47.8 Å². The molecule has 1 aromatic carbocycles. The minimum Gasteiger partial charge on any atom is -0.444 e. The zero-order valence-corrected chi connectivity index (χ0v) is 19.9. The number of hydrogen-bond acceptors (Lipinski definition) is 8. The third-order valence-electron chi connectivity index (χ3n) is 3.59. The van der Waals surface area contributed by atoms with Gasteiger partial charge in [0, 0.05) is 25.0 Å². The molecule has 1 N–H and O–H groups in total. The minimum atomic E-state index is -1.06. The van der Waals surface area contributed by atoms with E-state index in [1.165, 1.54) is 0 Å². The summed E-state index contributed by atoms with van der Waals surface area (Å²) in [6.07, 6.45) is -0.578. The summed E-state index contributed by atoms with van der Waals surface area (Å²) in [5.41, 5.74) is 0.491. The Labute approximate surface area is 189 Å². The van der Waals surface area contributed by atoms with Crippen LogP contribution in [0.2, 0.25) is 0 Å². The van der Waals surface area contributed by atoms with Crippen molar-refractivity contribution >= 4 is 18.4 Å². The van der Waals surface area contributed by atoms with E-state index in [2.05, 4.69) is 10.1 Å². The maximum atomic E-state index is 11.8. The Bertz CT molecular complexity index is 767. The van der Waals surface area contributed by atoms with Crippen molar-refractivity contribution in [1.29, 1.82) is 0 Å². The minimum absolute atomic E-state index is 0.288. The van der Waals surface area contributed by atoms with E-state index in [1.54, 1.807) is 46.4 Å². The van der Waals surface area contributed by atoms with E-state index in [-0.39, 0.29) is 6.09 Å². The molecule has 0 spiro atoms. The van der Waals surface area contributed by atoms with E-state index < -0.39 is 23.5 Å². The Morgan fingerprint density at radius 2 is 1.47 bits per heavy atom. The molecule has 0 aromatic heterocycles. The monoisotopic (exact) mass is 450 g/mol. The zero-order valence-electron chi connectivity index (χ0n) is 19.9. The highest BCUT2D eigenvalue weighted by molar-refractivity contribution is 5.77. The maximum absolute atomic E-state index is 11.8. The second kappa shape index (κ2) is 12.0. The molecule has 1 amide bonds. The van der Waals surface area contributed by atoms with Crippen LogP contribution in [0.4, 0.5) is 14.4 Å². The predicted octanol–water partition coefficient (Wildman–Crippen LogP) is 4.96. The highest BCUT2D eigenvalue weighted by atomic mass is 16.8. The van der Waals surface area contributed by atoms with Crippen LogP contribution in [0.3, 0.4) is 0 Å². The number of ether oxygens (including phenoxy) is 4. The first-order valence-electron chi connectivity index (χ1n) is 10.3. The third kappa shape index (κ3) is 11.8. The number of benzene rings is 1. The molecule has 0 saturated carbocycles. The molecule has 0 radical (unpaired) electrons. The molecule has 1 aromatic rings. The number of amides is 1. The van der Waals surface area contributed by atoms with Gasteiger partial charge in [0.2, 0.25) is 0 Å². The van der Waals surface area contributed by atoms with E-state index in [0.717, 1.165) is 17.8 Å². The first kappa shape index (κ1) is 26.8. The zero-order chi connectivity index (χ0) is 24.4. The molecule has 9 heteroatoms. The smallest absolute Gasteiger partial charge is 0.444 e. The lowest BCUT2D eigenvalue weighted by Crippen LogP contribution is -2.39. The van der Waals surface area contributed by atoms with Crippen LogP contribution in [0, 0.1) is 0 Å². The molecular formula is C23H34N2O7. The van der Waals surface area contributed by atoms with Crippen LogP contribution in [-0.2, 0) is 25.6 Å². The number of rotatable bonds is 2. The molecule has 0 saturated heterocycles. The number of nitrogens with one attached hydrogen (secondary N) is 1. The van der Waals surface area contributed by atoms with Crippen LogP contribution in [-0.4, -0.2) is 47.6 Å². The summed E-state index contributed by atoms with van der Waals surface area (Å²) < 4.78 is 19.1. The van der Waals surface area contributed by atoms with E-state index >= 15 is 0 Å². The normalized spacial score (nSPS) is 13.5. The van der Waals surface area contributed by atoms with Gasteiger partial charge in [-0.15, -0.1) is 0 Å². The Morgan fingerprint density at radius 1 is 0.938 bits per heavy atom. The van der Waals surface area contributed by atoms with Gasteiger partial charge in [0.15, 0.2) is 0 Å². The second-order valence-corrected chi connectivity index (χ2v) is 8.96. The first-order valence-corrected chi connectivity index (χ1v) is 10.3. The first-order chi connectivity index (χ1) is 14.8. The molecule has 0 unspecified atom stereocenters. The van der Waals surface area contributed by atoms with Gasteiger partial charge in [-0.2, -0.15) is 0 Å². The lowest BCUT2D eigenvalue weighted by atomic mass is 10.2. The summed E-state index contributed by atoms with van der Waals surface area (Å²) in [6.45, 7) is 13.6. The summed E-state index contributed by atoms with van der Waals surface area (Å²) in [6, 6.07) is 9.67. The molecule has 0 bridgehead atoms. The Balaban J connectivity index is 0.000000324. The summed E-state index contributed by atoms with van der Waals surface area (Å²) in [5, 5.41) is 3.08. The largest absolute Gasteiger partial charge is 0.519 e. The predicted molar refractivity (Wildman–Crippen MR) is 119 cm³/mol. The van der Waals surface area contributed by atoms with Crippen LogP contribution < -0.4 is 5.32 Å². The molecule has 0 atom stereocenters. The highest BCUT2D eigenvalue weighted by Gasteiger charge is 2.24. The van der Waals surface area contributed by atoms with Crippen LogP contribution in [0.15, 0.2) is 42.2 Å². The number of carbonyl (C=O) groups is 3. The quantitative estimate of drug-likeness (QED) is 0.383. The van der Waals surface area contributed by atoms with E-state index in [0.29, 0.717) is 13.2 Å². The van der Waals surface area contributed by atoms with Crippen molar-refractivity contribution in [3.63, 3.8) is 0 Å². The number of nitrogens with zero attached hydrogens (tertiary/aromatic N) is 1. The SMILES string of the molecule is CC(C)(C)OC(=O)OC(=O)OC(C)(C)C.CC1=CNCCN1C(=O)OCc1ccccc1. The second-order valence-electron chi connectivity index (χ2n) is 8.96. The van der Waals surface area contributed by atoms with Crippen LogP contribution in [0.5, 0.6) is 0 Å². The van der Waals surface area contributed by atoms with Crippen molar-refractivity contribution in [2.24, 2.45) is 0 Å². The van der Waals surface area contributed by atoms with Crippen LogP contribution in [0.25, 0.3) is 0 Å². The Kier molecular flexibility index (Phi) is 10.0. The fourth-order valence-corrected chi connectivity index (χ4v) is 2.29. The molecule has 1 aliphatic heterocycles. The molecule has 1 aliphatic rings. The van der Waals surface area contributed by atoms with Crippen molar-refractivity contribution < 1.29 is 33.3 Å². The van der Waals surface area contributed by atoms with Gasteiger partial charge < -0.3 is 24.3 Å². The summed E-state index contributed by atoms with van der Waals surface area (Å²) >= 11 is 0. The number of carbonyl (C=O) groups excluding carboxylic acids is 3. The van der Waals surface area contributed by atoms with Crippen molar-refractivity contribution in [3.8, 4) is 0 Å². The molecule has 9 nitrogen and oxygen atoms in total. The van der Waals surface area contributed by atoms with Crippen LogP contribution >= 0.6 is 0 Å². The summed E-state index contributed by atoms with van der Waals surface area (Å²) in [5.74, 6) is 0. The fourth-order valence-electron chi connectivity index (χ4n) is 2.29. The topological polar surface area (TPSA) is 103 Å². The molecule has 178 valence electrons. The number of hydrogen-bond donors (Lipinski definition) is 1. The molecule has 0 fully saturated rings. The van der Waals surface area contributed by atoms with E-state index in [1.807, 2.05) is 43.5 Å². The van der Waals surface area contributed by atoms with Gasteiger partial charge in [-0.3, -0.25) is 4.90 Å². The van der Waals surface area contributed by atoms with Gasteiger partial charge in [0.05, 0.1) is 0 Å². The summed E-state index contributed by atoms with van der Waals surface area (Å²) in [7, 11) is 0. The highest BCUT2D eigenvalue weighted by Crippen LogP contribution is 2.12. The van der Waals surface area contributed by atoms with Crippen molar-refractivity contribution in [2.75, 3.05) is 13.1 Å². The van der Waals surface area contributed by atoms with E-state index in [4.69, 9.17) is 14.2 Å². The van der Waals surface area contributed by atoms with Gasteiger partial charge in [-0.05, 0) is 54.0 Å². The summed E-state index contributed by atoms with van der Waals surface area (Å²) in [4.78, 5) is 35.5. The maximum Gasteiger partial charge on any atom is 0.519 e. The van der Waals surface area contributed by atoms with Gasteiger partial charge in [-0.25, -0.2) is 14.4 Å². The Morgan fingerprint density at radius 3 is 1.94 bits per heavy atom. The Hall–Kier alpha value is -3.23. The number of allylic oxidation sites excluding steroid dienone is 1. The fraction of sp³-hybridized carbons (Fsp3) is 0.522. The molecule has 2 rings (SSSR count). The van der Waals surface area contributed by atoms with Gasteiger partial charge in [0.1, 0.15) is 17.8 Å². The average Bonchev–Trinajstić information content (AvgIpc) is 2.64. The lowest BCUT2D eigenvalue weighted by Gasteiger charge is -2.26.